The first-order chi connectivity index (χ1) is 10.7. The third-order valence-electron chi connectivity index (χ3n) is 3.23. The van der Waals surface area contributed by atoms with E-state index >= 15 is 0 Å². The van der Waals surface area contributed by atoms with E-state index in [2.05, 4.69) is 0 Å². The maximum atomic E-state index is 12.3. The number of phenols is 3. The highest BCUT2D eigenvalue weighted by atomic mass is 31.2. The summed E-state index contributed by atoms with van der Waals surface area (Å²) in [6.45, 7) is 0. The molecule has 2 rings (SSSR count). The van der Waals surface area contributed by atoms with Gasteiger partial charge in [0.15, 0.2) is 5.78 Å². The molecule has 0 saturated carbocycles. The summed E-state index contributed by atoms with van der Waals surface area (Å²) in [6, 6.07) is 7.85. The number of carbonyl (C=O) groups excluding carboxylic acids is 1. The molecule has 0 atom stereocenters. The molecule has 0 bridgehead atoms. The van der Waals surface area contributed by atoms with Gasteiger partial charge >= 0.3 is 7.60 Å². The molecule has 0 amide bonds. The molecule has 0 spiro atoms. The predicted octanol–water partition coefficient (Wildman–Crippen LogP) is 1.42. The lowest BCUT2D eigenvalue weighted by molar-refractivity contribution is 0.0981. The van der Waals surface area contributed by atoms with Crippen molar-refractivity contribution < 1.29 is 34.5 Å². The Hall–Kier alpha value is -2.34. The molecule has 0 aromatic heterocycles. The molecule has 2 aromatic rings. The predicted molar refractivity (Wildman–Crippen MR) is 82.2 cm³/mol. The first-order valence-corrected chi connectivity index (χ1v) is 8.23. The fraction of sp³-hybridized carbons (Fsp3) is 0.133. The van der Waals surface area contributed by atoms with Crippen LogP contribution in [-0.4, -0.2) is 30.9 Å². The van der Waals surface area contributed by atoms with E-state index < -0.39 is 35.7 Å². The Balaban J connectivity index is 2.31. The van der Waals surface area contributed by atoms with Crippen LogP contribution in [0.15, 0.2) is 36.4 Å². The van der Waals surface area contributed by atoms with Crippen molar-refractivity contribution in [3.05, 3.63) is 47.5 Å². The van der Waals surface area contributed by atoms with Crippen molar-refractivity contribution in [2.24, 2.45) is 0 Å². The zero-order valence-electron chi connectivity index (χ0n) is 11.9. The van der Waals surface area contributed by atoms with Gasteiger partial charge in [0.25, 0.3) is 0 Å². The summed E-state index contributed by atoms with van der Waals surface area (Å²) >= 11 is 0. The molecule has 0 radical (unpaired) electrons. The number of benzene rings is 2. The van der Waals surface area contributed by atoms with E-state index in [1.807, 2.05) is 0 Å². The Morgan fingerprint density at radius 2 is 1.70 bits per heavy atom. The number of rotatable bonds is 5. The zero-order chi connectivity index (χ0) is 17.2. The summed E-state index contributed by atoms with van der Waals surface area (Å²) < 4.78 is 11.5. The number of Topliss-reactive ketones (excluding diaryl/α,β-unsaturated/α-hetero) is 1. The van der Waals surface area contributed by atoms with Crippen LogP contribution in [0, 0.1) is 0 Å². The van der Waals surface area contributed by atoms with Gasteiger partial charge in [-0.3, -0.25) is 9.36 Å². The lowest BCUT2D eigenvalue weighted by Crippen LogP contribution is -2.17. The average molecular weight is 338 g/mol. The van der Waals surface area contributed by atoms with Crippen molar-refractivity contribution in [3.63, 3.8) is 0 Å². The minimum Gasteiger partial charge on any atom is -0.508 e. The largest absolute Gasteiger partial charge is 0.508 e. The third kappa shape index (κ3) is 4.10. The Morgan fingerprint density at radius 3 is 2.30 bits per heavy atom. The van der Waals surface area contributed by atoms with Gasteiger partial charge in [0.2, 0.25) is 0 Å². The minimum absolute atomic E-state index is 0.0401. The smallest absolute Gasteiger partial charge is 0.357 e. The van der Waals surface area contributed by atoms with Gasteiger partial charge in [0, 0.05) is 12.5 Å². The maximum Gasteiger partial charge on any atom is 0.357 e. The van der Waals surface area contributed by atoms with Crippen LogP contribution in [-0.2, 0) is 11.0 Å². The lowest BCUT2D eigenvalue weighted by atomic mass is 10.0. The summed E-state index contributed by atoms with van der Waals surface area (Å²) in [7, 11) is -4.85. The summed E-state index contributed by atoms with van der Waals surface area (Å²) in [4.78, 5) is 30.8. The molecular weight excluding hydrogens is 323 g/mol. The molecule has 122 valence electrons. The Bertz CT molecular complexity index is 794. The van der Waals surface area contributed by atoms with Gasteiger partial charge in [-0.25, -0.2) is 0 Å². The highest BCUT2D eigenvalue weighted by Gasteiger charge is 2.28. The number of aryl methyl sites for hydroxylation is 1. The van der Waals surface area contributed by atoms with Crippen LogP contribution < -0.4 is 5.30 Å². The zero-order valence-corrected chi connectivity index (χ0v) is 12.8. The van der Waals surface area contributed by atoms with E-state index in [0.717, 1.165) is 12.1 Å². The Morgan fingerprint density at radius 1 is 1.00 bits per heavy atom. The van der Waals surface area contributed by atoms with Crippen LogP contribution in [0.25, 0.3) is 0 Å². The molecule has 8 heteroatoms. The van der Waals surface area contributed by atoms with Crippen LogP contribution >= 0.6 is 7.60 Å². The second-order valence-corrected chi connectivity index (χ2v) is 6.57. The fourth-order valence-corrected chi connectivity index (χ4v) is 3.04. The third-order valence-corrected chi connectivity index (χ3v) is 4.21. The molecule has 0 saturated heterocycles. The Kier molecular flexibility index (Phi) is 4.75. The molecule has 23 heavy (non-hydrogen) atoms. The van der Waals surface area contributed by atoms with E-state index in [0.29, 0.717) is 5.56 Å². The molecule has 7 nitrogen and oxygen atoms in total. The number of aromatic hydroxyl groups is 3. The van der Waals surface area contributed by atoms with Crippen molar-refractivity contribution in [1.29, 1.82) is 0 Å². The van der Waals surface area contributed by atoms with Gasteiger partial charge in [-0.05, 0) is 30.2 Å². The molecule has 0 aliphatic rings. The number of phenolic OH excluding ortho intramolecular Hbond substituents is 3. The van der Waals surface area contributed by atoms with E-state index in [1.54, 1.807) is 12.1 Å². The molecule has 0 aliphatic heterocycles. The molecule has 0 aliphatic carbocycles. The van der Waals surface area contributed by atoms with Gasteiger partial charge in [-0.15, -0.1) is 0 Å². The summed E-state index contributed by atoms with van der Waals surface area (Å²) in [6.07, 6.45) is 0.0862. The van der Waals surface area contributed by atoms with E-state index in [4.69, 9.17) is 0 Å². The van der Waals surface area contributed by atoms with E-state index in [-0.39, 0.29) is 18.6 Å². The van der Waals surface area contributed by atoms with E-state index in [1.165, 1.54) is 12.1 Å². The summed E-state index contributed by atoms with van der Waals surface area (Å²) in [5.41, 5.74) is 0.158. The molecule has 0 heterocycles. The molecular formula is C15H15O7P. The number of hydrogen-bond donors (Lipinski definition) is 5. The van der Waals surface area contributed by atoms with Crippen molar-refractivity contribution in [3.8, 4) is 17.2 Å². The SMILES string of the molecule is O=C(CCc1cccc(O)c1)c1c(O)cc(O)cc1P(=O)(O)O. The monoisotopic (exact) mass is 338 g/mol. The fourth-order valence-electron chi connectivity index (χ4n) is 2.21. The van der Waals surface area contributed by atoms with Crippen molar-refractivity contribution in [2.75, 3.05) is 0 Å². The topological polar surface area (TPSA) is 135 Å². The second kappa shape index (κ2) is 6.42. The number of ketones is 1. The maximum absolute atomic E-state index is 12.3. The molecule has 0 unspecified atom stereocenters. The molecule has 0 fully saturated rings. The first-order valence-electron chi connectivity index (χ1n) is 6.61. The van der Waals surface area contributed by atoms with Gasteiger partial charge in [-0.2, -0.15) is 0 Å². The van der Waals surface area contributed by atoms with Gasteiger partial charge in [-0.1, -0.05) is 12.1 Å². The summed E-state index contributed by atoms with van der Waals surface area (Å²) in [5, 5.41) is 27.8. The average Bonchev–Trinajstić information content (AvgIpc) is 2.43. The Labute approximate surface area is 131 Å². The number of carbonyl (C=O) groups is 1. The van der Waals surface area contributed by atoms with Crippen LogP contribution in [0.4, 0.5) is 0 Å². The standard InChI is InChI=1S/C15H15O7P/c16-10-3-1-2-9(6-10)4-5-12(18)15-13(19)7-11(17)8-14(15)23(20,21)22/h1-3,6-8,16-17,19H,4-5H2,(H2,20,21,22). The summed E-state index contributed by atoms with van der Waals surface area (Å²) in [5.74, 6) is -1.88. The highest BCUT2D eigenvalue weighted by molar-refractivity contribution is 7.60. The second-order valence-electron chi connectivity index (χ2n) is 5.00. The normalized spacial score (nSPS) is 11.4. The van der Waals surface area contributed by atoms with Crippen LogP contribution in [0.5, 0.6) is 17.2 Å². The lowest BCUT2D eigenvalue weighted by Gasteiger charge is -2.12. The van der Waals surface area contributed by atoms with Crippen LogP contribution in [0.3, 0.4) is 0 Å². The number of hydrogen-bond acceptors (Lipinski definition) is 5. The quantitative estimate of drug-likeness (QED) is 0.411. The minimum atomic E-state index is -4.85. The van der Waals surface area contributed by atoms with Gasteiger partial charge < -0.3 is 25.1 Å². The van der Waals surface area contributed by atoms with Crippen molar-refractivity contribution in [1.82, 2.24) is 0 Å². The highest BCUT2D eigenvalue weighted by Crippen LogP contribution is 2.39. The van der Waals surface area contributed by atoms with Crippen LogP contribution in [0.2, 0.25) is 0 Å². The molecule has 2 aromatic carbocycles. The molecule has 5 N–H and O–H groups in total. The van der Waals surface area contributed by atoms with Gasteiger partial charge in [0.1, 0.15) is 17.2 Å². The van der Waals surface area contributed by atoms with Gasteiger partial charge in [0.05, 0.1) is 10.9 Å². The van der Waals surface area contributed by atoms with Crippen LogP contribution in [0.1, 0.15) is 22.3 Å². The van der Waals surface area contributed by atoms with E-state index in [9.17, 15) is 34.5 Å². The van der Waals surface area contributed by atoms with Crippen molar-refractivity contribution >= 4 is 18.7 Å². The van der Waals surface area contributed by atoms with Crippen molar-refractivity contribution in [2.45, 2.75) is 12.8 Å². The first kappa shape index (κ1) is 17.0.